The number of carbonyl (C=O) groups excluding carboxylic acids is 1. The summed E-state index contributed by atoms with van der Waals surface area (Å²) in [6, 6.07) is 15.6. The number of amides is 1. The van der Waals surface area contributed by atoms with Crippen LogP contribution in [-0.4, -0.2) is 52.5 Å². The number of rotatable bonds is 7. The minimum atomic E-state index is -0.994. The molecule has 0 bridgehead atoms. The fourth-order valence-corrected chi connectivity index (χ4v) is 3.16. The highest BCUT2D eigenvalue weighted by atomic mass is 16.5. The van der Waals surface area contributed by atoms with Crippen LogP contribution >= 0.6 is 0 Å². The second-order valence-electron chi connectivity index (χ2n) is 7.25. The molecule has 1 amide bonds. The summed E-state index contributed by atoms with van der Waals surface area (Å²) in [6.45, 7) is 6.83. The van der Waals surface area contributed by atoms with Crippen LogP contribution < -0.4 is 4.74 Å². The lowest BCUT2D eigenvalue weighted by Gasteiger charge is -2.34. The van der Waals surface area contributed by atoms with Crippen molar-refractivity contribution in [3.8, 4) is 5.75 Å². The first-order chi connectivity index (χ1) is 13.4. The van der Waals surface area contributed by atoms with Gasteiger partial charge >= 0.3 is 5.97 Å². The van der Waals surface area contributed by atoms with E-state index in [1.165, 1.54) is 12.5 Å². The van der Waals surface area contributed by atoms with Crippen molar-refractivity contribution in [1.82, 2.24) is 9.80 Å². The highest BCUT2D eigenvalue weighted by molar-refractivity contribution is 5.79. The number of benzene rings is 2. The summed E-state index contributed by atoms with van der Waals surface area (Å²) in [5.41, 5.74) is 3.43. The lowest BCUT2D eigenvalue weighted by molar-refractivity contribution is -0.144. The molecular formula is C22H26N2O4. The Morgan fingerprint density at radius 1 is 1.04 bits per heavy atom. The summed E-state index contributed by atoms with van der Waals surface area (Å²) < 4.78 is 5.34. The number of carboxylic acids is 1. The highest BCUT2D eigenvalue weighted by Gasteiger charge is 2.24. The molecule has 1 atom stereocenters. The first-order valence-electron chi connectivity index (χ1n) is 9.45. The molecule has 0 spiro atoms. The number of nitrogens with zero attached hydrogens (tertiary/aromatic N) is 2. The van der Waals surface area contributed by atoms with E-state index in [0.29, 0.717) is 31.9 Å². The second kappa shape index (κ2) is 8.89. The van der Waals surface area contributed by atoms with Gasteiger partial charge in [-0.05, 0) is 37.1 Å². The summed E-state index contributed by atoms with van der Waals surface area (Å²) in [4.78, 5) is 27.4. The molecule has 1 aliphatic rings. The third kappa shape index (κ3) is 5.33. The topological polar surface area (TPSA) is 70.1 Å². The molecule has 0 radical (unpaired) electrons. The van der Waals surface area contributed by atoms with E-state index < -0.39 is 12.1 Å². The van der Waals surface area contributed by atoms with Crippen molar-refractivity contribution < 1.29 is 19.4 Å². The minimum Gasteiger partial charge on any atom is -0.479 e. The monoisotopic (exact) mass is 382 g/mol. The van der Waals surface area contributed by atoms with E-state index in [2.05, 4.69) is 36.1 Å². The third-order valence-corrected chi connectivity index (χ3v) is 4.88. The molecular weight excluding hydrogens is 356 g/mol. The van der Waals surface area contributed by atoms with Gasteiger partial charge in [0.2, 0.25) is 5.91 Å². The van der Waals surface area contributed by atoms with Gasteiger partial charge in [-0.2, -0.15) is 0 Å². The number of aryl methyl sites for hydroxylation is 1. The number of ether oxygens (including phenoxy) is 1. The van der Waals surface area contributed by atoms with E-state index in [1.54, 1.807) is 12.1 Å². The van der Waals surface area contributed by atoms with Crippen molar-refractivity contribution in [1.29, 1.82) is 0 Å². The van der Waals surface area contributed by atoms with Crippen molar-refractivity contribution in [2.45, 2.75) is 33.0 Å². The van der Waals surface area contributed by atoms with Gasteiger partial charge in [-0.15, -0.1) is 0 Å². The van der Waals surface area contributed by atoms with Crippen LogP contribution in [0, 0.1) is 6.92 Å². The molecule has 28 heavy (non-hydrogen) atoms. The van der Waals surface area contributed by atoms with E-state index >= 15 is 0 Å². The molecule has 1 heterocycles. The van der Waals surface area contributed by atoms with Crippen LogP contribution in [0.3, 0.4) is 0 Å². The van der Waals surface area contributed by atoms with E-state index in [9.17, 15) is 9.59 Å². The molecule has 6 heteroatoms. The Kier molecular flexibility index (Phi) is 6.31. The first kappa shape index (κ1) is 19.9. The molecule has 1 N–H and O–H groups in total. The van der Waals surface area contributed by atoms with Crippen molar-refractivity contribution in [3.63, 3.8) is 0 Å². The maximum Gasteiger partial charge on any atom is 0.344 e. The molecule has 0 aliphatic carbocycles. The maximum absolute atomic E-state index is 12.5. The van der Waals surface area contributed by atoms with E-state index in [1.807, 2.05) is 17.0 Å². The zero-order valence-corrected chi connectivity index (χ0v) is 16.3. The maximum atomic E-state index is 12.5. The zero-order valence-electron chi connectivity index (χ0n) is 16.3. The molecule has 1 aliphatic heterocycles. The fraction of sp³-hybridized carbons (Fsp3) is 0.364. The Balaban J connectivity index is 1.51. The van der Waals surface area contributed by atoms with Gasteiger partial charge in [-0.1, -0.05) is 42.0 Å². The Hall–Kier alpha value is -2.86. The third-order valence-electron chi connectivity index (χ3n) is 4.88. The van der Waals surface area contributed by atoms with Crippen LogP contribution in [-0.2, 0) is 22.7 Å². The molecule has 0 aromatic heterocycles. The Morgan fingerprint density at radius 3 is 2.25 bits per heavy atom. The lowest BCUT2D eigenvalue weighted by Crippen LogP contribution is -2.49. The largest absolute Gasteiger partial charge is 0.479 e. The van der Waals surface area contributed by atoms with Crippen LogP contribution in [0.4, 0.5) is 0 Å². The molecule has 6 nitrogen and oxygen atoms in total. The first-order valence-corrected chi connectivity index (χ1v) is 9.45. The summed E-state index contributed by atoms with van der Waals surface area (Å²) in [6.07, 6.45) is -0.884. The summed E-state index contributed by atoms with van der Waals surface area (Å²) >= 11 is 0. The van der Waals surface area contributed by atoms with Gasteiger partial charge in [0.25, 0.3) is 0 Å². The summed E-state index contributed by atoms with van der Waals surface area (Å²) in [5, 5.41) is 8.90. The minimum absolute atomic E-state index is 0.141. The quantitative estimate of drug-likeness (QED) is 0.797. The van der Waals surface area contributed by atoms with Gasteiger partial charge in [-0.3, -0.25) is 9.69 Å². The van der Waals surface area contributed by atoms with Crippen LogP contribution in [0.1, 0.15) is 23.6 Å². The normalized spacial score (nSPS) is 16.1. The molecule has 148 valence electrons. The van der Waals surface area contributed by atoms with Gasteiger partial charge in [0.05, 0.1) is 6.54 Å². The van der Waals surface area contributed by atoms with E-state index in [4.69, 9.17) is 9.84 Å². The standard InChI is InChI=1S/C22H26N2O4/c1-16-3-5-19(6-4-16)14-24-12-11-23(15-21(24)25)13-18-7-9-20(10-8-18)28-17(2)22(26)27/h3-10,17H,11-15H2,1-2H3,(H,26,27). The summed E-state index contributed by atoms with van der Waals surface area (Å²) in [5.74, 6) is -0.328. The van der Waals surface area contributed by atoms with E-state index in [0.717, 1.165) is 17.7 Å². The van der Waals surface area contributed by atoms with Gasteiger partial charge < -0.3 is 14.7 Å². The molecule has 1 fully saturated rings. The SMILES string of the molecule is Cc1ccc(CN2CCN(Cc3ccc(OC(C)C(=O)O)cc3)CC2=O)cc1. The molecule has 3 rings (SSSR count). The number of carbonyl (C=O) groups is 2. The van der Waals surface area contributed by atoms with Gasteiger partial charge in [-0.25, -0.2) is 4.79 Å². The fourth-order valence-electron chi connectivity index (χ4n) is 3.16. The van der Waals surface area contributed by atoms with Crippen molar-refractivity contribution in [2.75, 3.05) is 19.6 Å². The van der Waals surface area contributed by atoms with Gasteiger partial charge in [0, 0.05) is 26.2 Å². The molecule has 1 saturated heterocycles. The number of aliphatic carboxylic acids is 1. The average molecular weight is 382 g/mol. The molecule has 0 saturated carbocycles. The van der Waals surface area contributed by atoms with Crippen molar-refractivity contribution >= 4 is 11.9 Å². The zero-order chi connectivity index (χ0) is 20.1. The second-order valence-corrected chi connectivity index (χ2v) is 7.25. The summed E-state index contributed by atoms with van der Waals surface area (Å²) in [7, 11) is 0. The molecule has 2 aromatic carbocycles. The average Bonchev–Trinajstić information content (AvgIpc) is 2.67. The van der Waals surface area contributed by atoms with Gasteiger partial charge in [0.1, 0.15) is 5.75 Å². The van der Waals surface area contributed by atoms with Crippen LogP contribution in [0.25, 0.3) is 0 Å². The number of piperazine rings is 1. The molecule has 1 unspecified atom stereocenters. The predicted molar refractivity (Wildman–Crippen MR) is 106 cm³/mol. The Bertz CT molecular complexity index is 817. The van der Waals surface area contributed by atoms with Crippen LogP contribution in [0.5, 0.6) is 5.75 Å². The Morgan fingerprint density at radius 2 is 1.64 bits per heavy atom. The molecule has 2 aromatic rings. The van der Waals surface area contributed by atoms with Crippen LogP contribution in [0.15, 0.2) is 48.5 Å². The predicted octanol–water partition coefficient (Wildman–Crippen LogP) is 2.69. The smallest absolute Gasteiger partial charge is 0.344 e. The lowest BCUT2D eigenvalue weighted by atomic mass is 10.1. The Labute approximate surface area is 165 Å². The van der Waals surface area contributed by atoms with Crippen molar-refractivity contribution in [3.05, 3.63) is 65.2 Å². The number of hydrogen-bond acceptors (Lipinski definition) is 4. The van der Waals surface area contributed by atoms with Crippen LogP contribution in [0.2, 0.25) is 0 Å². The van der Waals surface area contributed by atoms with Crippen molar-refractivity contribution in [2.24, 2.45) is 0 Å². The number of hydrogen-bond donors (Lipinski definition) is 1. The van der Waals surface area contributed by atoms with E-state index in [-0.39, 0.29) is 5.91 Å². The highest BCUT2D eigenvalue weighted by Crippen LogP contribution is 2.17. The number of carboxylic acid groups (broad SMARTS) is 1. The van der Waals surface area contributed by atoms with Gasteiger partial charge in [0.15, 0.2) is 6.10 Å².